The second-order valence-corrected chi connectivity index (χ2v) is 34.7. The molecule has 112 heavy (non-hydrogen) atoms. The molecule has 6 aliphatic heterocycles. The van der Waals surface area contributed by atoms with Crippen molar-refractivity contribution >= 4 is 145 Å². The van der Waals surface area contributed by atoms with Crippen LogP contribution < -0.4 is 53.1 Å². The molecule has 12 aromatic rings. The van der Waals surface area contributed by atoms with Gasteiger partial charge < -0.3 is 31.1 Å². The molecule has 570 valence electrons. The van der Waals surface area contributed by atoms with Gasteiger partial charge in [-0.15, -0.1) is 22.7 Å². The molecule has 20 rings (SSSR count). The van der Waals surface area contributed by atoms with Crippen LogP contribution in [-0.2, 0) is 33.3 Å². The van der Waals surface area contributed by atoms with Crippen molar-refractivity contribution in [3.05, 3.63) is 175 Å². The molecule has 6 fully saturated rings. The maximum absolute atomic E-state index is 13.9. The van der Waals surface area contributed by atoms with Crippen LogP contribution in [0.5, 0.6) is 0 Å². The molecule has 6 N–H and O–H groups in total. The zero-order chi connectivity index (χ0) is 76.2. The van der Waals surface area contributed by atoms with Crippen molar-refractivity contribution in [2.24, 2.45) is 25.9 Å². The second-order valence-electron chi connectivity index (χ2n) is 32.6. The SMILES string of the molecule is C[C@@H]1CNc2c(sc3ccc4nc(-c5ccc(N6CCN(C[C@H]7C[C@H](c8ccc9c(c8)n(C)c(=O)n9C8CCC(=O)NC8=O)C7)C(C7CN(c8ccc(-c9ccc%10c(ccc%11sc%12c(c%11%10)NC[C@@H](C)NC%12=O)n9)cc8)CCN7C[C@H]7C[C@@H](c8ccc9c(c8)n(C)c(=O)n9C8CCC(=O)NC8=O)C7)C6)cc5)ccc4c23)C(=O)N1. The zero-order valence-corrected chi connectivity index (χ0v) is 64.4. The highest BCUT2D eigenvalue weighted by atomic mass is 32.1. The summed E-state index contributed by atoms with van der Waals surface area (Å²) in [7, 11) is 3.53. The quantitative estimate of drug-likeness (QED) is 0.0586. The average molecular weight is 1540 g/mol. The number of carbonyl (C=O) groups is 6. The molecule has 2 aliphatic carbocycles. The number of nitrogens with one attached hydrogen (secondary N) is 6. The molecular weight excluding hydrogens is 1450 g/mol. The maximum Gasteiger partial charge on any atom is 0.329 e. The summed E-state index contributed by atoms with van der Waals surface area (Å²) in [6, 6.07) is 46.0. The van der Waals surface area contributed by atoms with Crippen LogP contribution >= 0.6 is 22.7 Å². The molecule has 0 radical (unpaired) electrons. The molecule has 24 nitrogen and oxygen atoms in total. The van der Waals surface area contributed by atoms with Gasteiger partial charge in [-0.2, -0.15) is 0 Å². The Labute approximate surface area is 652 Å². The fraction of sp³-hybridized carbons (Fsp3) is 0.372. The minimum atomic E-state index is -0.753. The van der Waals surface area contributed by atoms with Crippen LogP contribution in [0, 0.1) is 11.8 Å². The summed E-state index contributed by atoms with van der Waals surface area (Å²) < 4.78 is 8.48. The number of carbonyl (C=O) groups excluding carboxylic acids is 6. The number of piperidine rings is 2. The zero-order valence-electron chi connectivity index (χ0n) is 62.8. The number of pyridine rings is 2. The van der Waals surface area contributed by atoms with E-state index < -0.39 is 23.9 Å². The first kappa shape index (κ1) is 70.1. The number of piperazine rings is 2. The summed E-state index contributed by atoms with van der Waals surface area (Å²) in [6.45, 7) is 12.2. The summed E-state index contributed by atoms with van der Waals surface area (Å²) >= 11 is 3.03. The number of hydrogen-bond acceptors (Lipinski definition) is 18. The van der Waals surface area contributed by atoms with Crippen molar-refractivity contribution in [1.29, 1.82) is 0 Å². The minimum Gasteiger partial charge on any atom is -0.381 e. The number of imide groups is 2. The summed E-state index contributed by atoms with van der Waals surface area (Å²) in [5.41, 5.74) is 14.4. The van der Waals surface area contributed by atoms with Crippen molar-refractivity contribution < 1.29 is 28.8 Å². The second kappa shape index (κ2) is 27.4. The van der Waals surface area contributed by atoms with Gasteiger partial charge in [0.15, 0.2) is 0 Å². The molecule has 6 atom stereocenters. The smallest absolute Gasteiger partial charge is 0.329 e. The number of imidazole rings is 2. The molecule has 26 heteroatoms. The molecule has 4 saturated heterocycles. The number of aryl methyl sites for hydroxylation is 2. The number of aromatic nitrogens is 6. The lowest BCUT2D eigenvalue weighted by atomic mass is 9.70. The van der Waals surface area contributed by atoms with Gasteiger partial charge in [-0.05, 0) is 184 Å². The molecule has 12 heterocycles. The van der Waals surface area contributed by atoms with Crippen molar-refractivity contribution in [3.8, 4) is 22.5 Å². The Balaban J connectivity index is 0.609. The minimum absolute atomic E-state index is 0.00439. The molecule has 0 bridgehead atoms. The summed E-state index contributed by atoms with van der Waals surface area (Å²) in [4.78, 5) is 128. The van der Waals surface area contributed by atoms with Crippen LogP contribution in [0.4, 0.5) is 22.7 Å². The van der Waals surface area contributed by atoms with E-state index in [9.17, 15) is 38.4 Å². The summed E-state index contributed by atoms with van der Waals surface area (Å²) in [5, 5.41) is 22.3. The summed E-state index contributed by atoms with van der Waals surface area (Å²) in [5.74, 6) is -0.189. The van der Waals surface area contributed by atoms with Crippen LogP contribution in [0.25, 0.3) is 86.6 Å². The standard InChI is InChI=1S/C86H86N16O8S2/c1-45-39-87-77-75-57-15-17-59(91-61(57)19-25-71(75)111-79(77)83(107)89-45)49-5-11-55(12-6-49)97-29-31-99(41-47-33-53(34-47)51-9-21-63-67(37-51)95(3)85(109)101(63)65-23-27-73(103)93-81(65)105)69(43-97)70-44-98(56-13-7-50(8-14-56)60-18-16-58-62(92-60)20-26-72-76(58)78-80(112-72)84(108)90-46(2)40-88-78)30-32-100(70)42-48-35-54(36-48)52-10-22-64-68(38-52)96(4)86(110)102(64)66-24-28-74(104)94-82(66)106/h5-22,25-26,37-38,45-48,53-54,65-66,69-70,87-88H,23-24,27-36,39-44H2,1-4H3,(H,89,107)(H,90,108)(H,93,103,105)(H,94,104,106)/t45-,46-,47-,48-,53-,54+,65?,66?,69?,70?/m1/s1. The van der Waals surface area contributed by atoms with Gasteiger partial charge >= 0.3 is 11.4 Å². The van der Waals surface area contributed by atoms with E-state index in [2.05, 4.69) is 173 Å². The Kier molecular flexibility index (Phi) is 17.1. The molecule has 8 aliphatic rings. The van der Waals surface area contributed by atoms with Crippen molar-refractivity contribution in [3.63, 3.8) is 0 Å². The van der Waals surface area contributed by atoms with Gasteiger partial charge in [-0.3, -0.25) is 67.5 Å². The normalized spacial score (nSPS) is 24.6. The largest absolute Gasteiger partial charge is 0.381 e. The van der Waals surface area contributed by atoms with Gasteiger partial charge in [0.25, 0.3) is 11.8 Å². The van der Waals surface area contributed by atoms with Gasteiger partial charge in [0, 0.05) is 170 Å². The first-order chi connectivity index (χ1) is 54.4. The number of hydrogen-bond donors (Lipinski definition) is 6. The third-order valence-electron chi connectivity index (χ3n) is 25.6. The molecule has 0 spiro atoms. The Morgan fingerprint density at radius 1 is 0.464 bits per heavy atom. The molecular formula is C86H86N16O8S2. The van der Waals surface area contributed by atoms with E-state index >= 15 is 0 Å². The fourth-order valence-electron chi connectivity index (χ4n) is 19.5. The van der Waals surface area contributed by atoms with Crippen molar-refractivity contribution in [2.45, 2.75) is 113 Å². The molecule has 6 aromatic heterocycles. The van der Waals surface area contributed by atoms with E-state index in [1.54, 1.807) is 32.4 Å². The molecule has 2 saturated carbocycles. The third-order valence-corrected chi connectivity index (χ3v) is 27.9. The van der Waals surface area contributed by atoms with E-state index in [0.29, 0.717) is 57.5 Å². The van der Waals surface area contributed by atoms with E-state index in [4.69, 9.17) is 9.97 Å². The summed E-state index contributed by atoms with van der Waals surface area (Å²) in [6.07, 6.45) is 4.91. The third kappa shape index (κ3) is 12.0. The van der Waals surface area contributed by atoms with Gasteiger partial charge in [-0.1, -0.05) is 36.4 Å². The first-order valence-electron chi connectivity index (χ1n) is 39.5. The Bertz CT molecular complexity index is 5720. The van der Waals surface area contributed by atoms with Crippen molar-refractivity contribution in [1.82, 2.24) is 59.3 Å². The Morgan fingerprint density at radius 3 is 1.29 bits per heavy atom. The van der Waals surface area contributed by atoms with Gasteiger partial charge in [0.05, 0.1) is 55.9 Å². The Hall–Kier alpha value is -11.1. The number of rotatable bonds is 13. The highest BCUT2D eigenvalue weighted by Crippen LogP contribution is 2.48. The van der Waals surface area contributed by atoms with E-state index in [0.717, 1.165) is 176 Å². The monoisotopic (exact) mass is 1530 g/mol. The van der Waals surface area contributed by atoms with E-state index in [1.165, 1.54) is 33.8 Å². The van der Waals surface area contributed by atoms with E-state index in [1.807, 2.05) is 26.0 Å². The lowest BCUT2D eigenvalue weighted by molar-refractivity contribution is -0.137. The lowest BCUT2D eigenvalue weighted by Gasteiger charge is -2.54. The molecule has 6 aromatic carbocycles. The molecule has 6 amide bonds. The number of amides is 6. The van der Waals surface area contributed by atoms with Crippen LogP contribution in [0.1, 0.15) is 120 Å². The predicted molar refractivity (Wildman–Crippen MR) is 439 cm³/mol. The number of benzene rings is 6. The van der Waals surface area contributed by atoms with Crippen LogP contribution in [0.3, 0.4) is 0 Å². The fourth-order valence-corrected chi connectivity index (χ4v) is 21.7. The first-order valence-corrected chi connectivity index (χ1v) is 41.1. The number of anilines is 4. The van der Waals surface area contributed by atoms with Crippen molar-refractivity contribution in [2.75, 3.05) is 85.9 Å². The predicted octanol–water partition coefficient (Wildman–Crippen LogP) is 11.0. The van der Waals surface area contributed by atoms with Gasteiger partial charge in [-0.25, -0.2) is 19.6 Å². The topological polar surface area (TPSA) is 267 Å². The molecule has 4 unspecified atom stereocenters. The van der Waals surface area contributed by atoms with Crippen LogP contribution in [0.15, 0.2) is 143 Å². The van der Waals surface area contributed by atoms with Crippen LogP contribution in [0.2, 0.25) is 0 Å². The number of thiophene rings is 2. The van der Waals surface area contributed by atoms with Gasteiger partial charge in [0.2, 0.25) is 23.6 Å². The average Bonchev–Trinajstić information content (AvgIpc) is 1.35. The highest BCUT2D eigenvalue weighted by molar-refractivity contribution is 7.22. The number of fused-ring (bicyclic) bond motifs is 12. The maximum atomic E-state index is 13.9. The number of nitrogens with zero attached hydrogens (tertiary/aromatic N) is 10. The highest BCUT2D eigenvalue weighted by Gasteiger charge is 2.45. The van der Waals surface area contributed by atoms with Crippen LogP contribution in [-0.4, -0.2) is 163 Å². The van der Waals surface area contributed by atoms with Gasteiger partial charge in [0.1, 0.15) is 21.8 Å². The lowest BCUT2D eigenvalue weighted by Crippen LogP contribution is -2.68. The Morgan fingerprint density at radius 2 is 0.884 bits per heavy atom. The van der Waals surface area contributed by atoms with E-state index in [-0.39, 0.29) is 84.9 Å².